The fourth-order valence-electron chi connectivity index (χ4n) is 1.87. The Hall–Kier alpha value is -0.810. The molecular formula is C13H16ClF4N. The minimum atomic E-state index is -4.14. The highest BCUT2D eigenvalue weighted by Gasteiger charge is 2.26. The van der Waals surface area contributed by atoms with Gasteiger partial charge in [0, 0.05) is 23.0 Å². The molecule has 0 heterocycles. The molecule has 1 unspecified atom stereocenters. The summed E-state index contributed by atoms with van der Waals surface area (Å²) in [6, 6.07) is 4.14. The van der Waals surface area contributed by atoms with Crippen LogP contribution in [0.25, 0.3) is 0 Å². The summed E-state index contributed by atoms with van der Waals surface area (Å²) in [6.07, 6.45) is -4.36. The summed E-state index contributed by atoms with van der Waals surface area (Å²) in [5.41, 5.74) is 0.343. The third-order valence-electron chi connectivity index (χ3n) is 2.93. The number of halogens is 5. The van der Waals surface area contributed by atoms with Crippen molar-refractivity contribution < 1.29 is 17.6 Å². The lowest BCUT2D eigenvalue weighted by Gasteiger charge is -2.17. The third-order valence-corrected chi connectivity index (χ3v) is 3.29. The largest absolute Gasteiger partial charge is 0.389 e. The maximum Gasteiger partial charge on any atom is 0.389 e. The Balaban J connectivity index is 2.57. The van der Waals surface area contributed by atoms with Crippen molar-refractivity contribution in [1.82, 2.24) is 5.32 Å². The Kier molecular flexibility index (Phi) is 6.07. The molecule has 0 aliphatic heterocycles. The zero-order chi connectivity index (χ0) is 14.5. The molecule has 0 aliphatic rings. The van der Waals surface area contributed by atoms with E-state index in [4.69, 9.17) is 11.6 Å². The van der Waals surface area contributed by atoms with Crippen molar-refractivity contribution in [3.05, 3.63) is 34.6 Å². The second-order valence-electron chi connectivity index (χ2n) is 4.40. The van der Waals surface area contributed by atoms with Gasteiger partial charge in [-0.1, -0.05) is 17.7 Å². The number of nitrogens with one attached hydrogen (secondary N) is 1. The first-order chi connectivity index (χ1) is 8.83. The lowest BCUT2D eigenvalue weighted by molar-refractivity contribution is -0.135. The fraction of sp³-hybridized carbons (Fsp3) is 0.538. The van der Waals surface area contributed by atoms with Crippen molar-refractivity contribution in [2.75, 3.05) is 7.05 Å². The summed E-state index contributed by atoms with van der Waals surface area (Å²) < 4.78 is 49.8. The average molecular weight is 298 g/mol. The molecule has 0 radical (unpaired) electrons. The predicted octanol–water partition coefficient (Wildman–Crippen LogP) is 4.34. The van der Waals surface area contributed by atoms with Crippen molar-refractivity contribution in [1.29, 1.82) is 0 Å². The topological polar surface area (TPSA) is 12.0 Å². The van der Waals surface area contributed by atoms with E-state index in [0.29, 0.717) is 17.0 Å². The lowest BCUT2D eigenvalue weighted by atomic mass is 10.0. The molecule has 1 nitrogen and oxygen atoms in total. The normalized spacial score (nSPS) is 13.6. The molecule has 1 rings (SSSR count). The smallest absolute Gasteiger partial charge is 0.317 e. The van der Waals surface area contributed by atoms with E-state index in [1.54, 1.807) is 13.1 Å². The van der Waals surface area contributed by atoms with Crippen LogP contribution in [0.3, 0.4) is 0 Å². The van der Waals surface area contributed by atoms with Crippen LogP contribution in [0.2, 0.25) is 5.02 Å². The van der Waals surface area contributed by atoms with E-state index >= 15 is 0 Å². The van der Waals surface area contributed by atoms with Gasteiger partial charge in [0.25, 0.3) is 0 Å². The first-order valence-corrected chi connectivity index (χ1v) is 6.38. The van der Waals surface area contributed by atoms with Gasteiger partial charge in [-0.3, -0.25) is 0 Å². The van der Waals surface area contributed by atoms with E-state index in [-0.39, 0.29) is 18.9 Å². The van der Waals surface area contributed by atoms with Gasteiger partial charge in [0.1, 0.15) is 5.82 Å². The van der Waals surface area contributed by atoms with Crippen LogP contribution in [0.1, 0.15) is 24.8 Å². The van der Waals surface area contributed by atoms with Gasteiger partial charge in [0.05, 0.1) is 0 Å². The van der Waals surface area contributed by atoms with E-state index < -0.39 is 18.4 Å². The van der Waals surface area contributed by atoms with E-state index in [1.807, 2.05) is 0 Å². The number of rotatable bonds is 6. The summed E-state index contributed by atoms with van der Waals surface area (Å²) in [5.74, 6) is -0.427. The number of hydrogen-bond donors (Lipinski definition) is 1. The second-order valence-corrected chi connectivity index (χ2v) is 4.80. The van der Waals surface area contributed by atoms with Crippen molar-refractivity contribution >= 4 is 11.6 Å². The monoisotopic (exact) mass is 297 g/mol. The molecule has 1 N–H and O–H groups in total. The fourth-order valence-corrected chi connectivity index (χ4v) is 2.11. The molecule has 0 saturated heterocycles. The van der Waals surface area contributed by atoms with Gasteiger partial charge in [-0.05, 0) is 38.4 Å². The van der Waals surface area contributed by atoms with Crippen molar-refractivity contribution in [2.45, 2.75) is 37.9 Å². The molecule has 6 heteroatoms. The first kappa shape index (κ1) is 16.2. The van der Waals surface area contributed by atoms with E-state index in [2.05, 4.69) is 5.32 Å². The number of alkyl halides is 3. The molecule has 108 valence electrons. The number of hydrogen-bond acceptors (Lipinski definition) is 1. The van der Waals surface area contributed by atoms with Gasteiger partial charge in [-0.25, -0.2) is 4.39 Å². The van der Waals surface area contributed by atoms with Crippen LogP contribution in [0.4, 0.5) is 17.6 Å². The van der Waals surface area contributed by atoms with Crippen LogP contribution in [0.15, 0.2) is 18.2 Å². The second kappa shape index (κ2) is 7.10. The summed E-state index contributed by atoms with van der Waals surface area (Å²) in [5, 5.41) is 3.20. The average Bonchev–Trinajstić information content (AvgIpc) is 2.30. The first-order valence-electron chi connectivity index (χ1n) is 6.00. The summed E-state index contributed by atoms with van der Waals surface area (Å²) >= 11 is 5.89. The van der Waals surface area contributed by atoms with Crippen LogP contribution in [0, 0.1) is 5.82 Å². The molecule has 0 amide bonds. The summed E-state index contributed by atoms with van der Waals surface area (Å²) in [4.78, 5) is 0. The molecule has 1 aromatic rings. The molecule has 0 fully saturated rings. The van der Waals surface area contributed by atoms with Crippen molar-refractivity contribution in [2.24, 2.45) is 0 Å². The summed E-state index contributed by atoms with van der Waals surface area (Å²) in [7, 11) is 1.65. The van der Waals surface area contributed by atoms with Crippen LogP contribution in [0.5, 0.6) is 0 Å². The maximum absolute atomic E-state index is 13.6. The molecule has 0 aromatic heterocycles. The van der Waals surface area contributed by atoms with Crippen LogP contribution in [-0.4, -0.2) is 19.3 Å². The minimum absolute atomic E-state index is 0.0150. The quantitative estimate of drug-likeness (QED) is 0.770. The summed E-state index contributed by atoms with van der Waals surface area (Å²) in [6.45, 7) is 0. The molecule has 0 saturated carbocycles. The van der Waals surface area contributed by atoms with E-state index in [1.165, 1.54) is 12.1 Å². The molecule has 0 aliphatic carbocycles. The maximum atomic E-state index is 13.6. The molecular weight excluding hydrogens is 282 g/mol. The highest BCUT2D eigenvalue weighted by molar-refractivity contribution is 6.31. The zero-order valence-corrected chi connectivity index (χ0v) is 11.3. The molecule has 0 spiro atoms. The Morgan fingerprint density at radius 2 is 2.00 bits per heavy atom. The van der Waals surface area contributed by atoms with Gasteiger partial charge < -0.3 is 5.32 Å². The molecule has 0 bridgehead atoms. The van der Waals surface area contributed by atoms with E-state index in [0.717, 1.165) is 0 Å². The van der Waals surface area contributed by atoms with Gasteiger partial charge in [-0.15, -0.1) is 0 Å². The third kappa shape index (κ3) is 5.78. The van der Waals surface area contributed by atoms with Gasteiger partial charge in [0.15, 0.2) is 0 Å². The molecule has 19 heavy (non-hydrogen) atoms. The number of benzene rings is 1. The van der Waals surface area contributed by atoms with Crippen molar-refractivity contribution in [3.8, 4) is 0 Å². The predicted molar refractivity (Wildman–Crippen MR) is 67.9 cm³/mol. The van der Waals surface area contributed by atoms with Crippen molar-refractivity contribution in [3.63, 3.8) is 0 Å². The zero-order valence-electron chi connectivity index (χ0n) is 10.5. The van der Waals surface area contributed by atoms with Crippen LogP contribution < -0.4 is 5.32 Å². The lowest BCUT2D eigenvalue weighted by Crippen LogP contribution is -2.28. The SMILES string of the molecule is CNC(CCCC(F)(F)F)Cc1c(F)cccc1Cl. The highest BCUT2D eigenvalue weighted by atomic mass is 35.5. The molecule has 1 atom stereocenters. The Morgan fingerprint density at radius 1 is 1.32 bits per heavy atom. The Labute approximate surface area is 115 Å². The van der Waals surface area contributed by atoms with Gasteiger partial charge >= 0.3 is 6.18 Å². The van der Waals surface area contributed by atoms with Crippen LogP contribution >= 0.6 is 11.6 Å². The minimum Gasteiger partial charge on any atom is -0.317 e. The van der Waals surface area contributed by atoms with Crippen LogP contribution in [-0.2, 0) is 6.42 Å². The van der Waals surface area contributed by atoms with E-state index in [9.17, 15) is 17.6 Å². The Bertz CT molecular complexity index is 386. The molecule has 1 aromatic carbocycles. The number of likely N-dealkylation sites (N-methyl/N-ethyl adjacent to an activating group) is 1. The Morgan fingerprint density at radius 3 is 2.53 bits per heavy atom. The van der Waals surface area contributed by atoms with Gasteiger partial charge in [0.2, 0.25) is 0 Å². The van der Waals surface area contributed by atoms with Gasteiger partial charge in [-0.2, -0.15) is 13.2 Å². The highest BCUT2D eigenvalue weighted by Crippen LogP contribution is 2.25. The standard InChI is InChI=1S/C13H16ClF4N/c1-19-9(4-3-7-13(16,17)18)8-10-11(14)5-2-6-12(10)15/h2,5-6,9,19H,3-4,7-8H2,1H3.